The van der Waals surface area contributed by atoms with E-state index in [4.69, 9.17) is 0 Å². The summed E-state index contributed by atoms with van der Waals surface area (Å²) in [7, 11) is -3.45. The van der Waals surface area contributed by atoms with Crippen LogP contribution < -0.4 is 10.0 Å². The van der Waals surface area contributed by atoms with Crippen LogP contribution in [0, 0.1) is 0 Å². The third-order valence-corrected chi connectivity index (χ3v) is 5.09. The van der Waals surface area contributed by atoms with Gasteiger partial charge in [-0.15, -0.1) is 0 Å². The van der Waals surface area contributed by atoms with Crippen LogP contribution in [0.25, 0.3) is 0 Å². The Labute approximate surface area is 148 Å². The first kappa shape index (κ1) is 19.1. The van der Waals surface area contributed by atoms with Gasteiger partial charge in [-0.05, 0) is 42.7 Å². The number of benzene rings is 1. The van der Waals surface area contributed by atoms with Crippen molar-refractivity contribution < 1.29 is 13.2 Å². The van der Waals surface area contributed by atoms with Crippen LogP contribution in [0.2, 0.25) is 0 Å². The fraction of sp³-hybridized carbons (Fsp3) is 0.333. The van der Waals surface area contributed by atoms with Crippen LogP contribution >= 0.6 is 0 Å². The number of rotatable bonds is 9. The van der Waals surface area contributed by atoms with Crippen molar-refractivity contribution in [1.29, 1.82) is 0 Å². The van der Waals surface area contributed by atoms with Crippen LogP contribution in [0.15, 0.2) is 53.6 Å². The maximum Gasteiger partial charge on any atom is 0.240 e. The molecule has 134 valence electrons. The summed E-state index contributed by atoms with van der Waals surface area (Å²) >= 11 is 0. The van der Waals surface area contributed by atoms with Gasteiger partial charge >= 0.3 is 0 Å². The standard InChI is InChI=1S/C18H23N3O3S/c1-2-12-21-25(23,24)17-9-6-15(7-10-17)8-11-18(22)20-14-16-5-3-4-13-19-16/h3-7,9-10,13,21H,2,8,11-12,14H2,1H3,(H,20,22). The molecule has 2 aromatic rings. The average molecular weight is 361 g/mol. The molecule has 7 heteroatoms. The fourth-order valence-electron chi connectivity index (χ4n) is 2.19. The van der Waals surface area contributed by atoms with Gasteiger partial charge in [-0.2, -0.15) is 0 Å². The maximum absolute atomic E-state index is 12.0. The van der Waals surface area contributed by atoms with Crippen molar-refractivity contribution in [2.24, 2.45) is 0 Å². The van der Waals surface area contributed by atoms with Crippen molar-refractivity contribution in [2.75, 3.05) is 6.54 Å². The number of aryl methyl sites for hydroxylation is 1. The number of hydrogen-bond donors (Lipinski definition) is 2. The lowest BCUT2D eigenvalue weighted by Gasteiger charge is -2.07. The van der Waals surface area contributed by atoms with Crippen LogP contribution in [0.3, 0.4) is 0 Å². The minimum absolute atomic E-state index is 0.0630. The van der Waals surface area contributed by atoms with Crippen LogP contribution in [0.4, 0.5) is 0 Å². The van der Waals surface area contributed by atoms with Gasteiger partial charge < -0.3 is 5.32 Å². The molecule has 0 spiro atoms. The van der Waals surface area contributed by atoms with E-state index in [0.29, 0.717) is 25.9 Å². The summed E-state index contributed by atoms with van der Waals surface area (Å²) in [4.78, 5) is 16.3. The minimum Gasteiger partial charge on any atom is -0.350 e. The molecule has 0 atom stereocenters. The van der Waals surface area contributed by atoms with Crippen molar-refractivity contribution in [3.63, 3.8) is 0 Å². The van der Waals surface area contributed by atoms with Gasteiger partial charge in [0.05, 0.1) is 17.1 Å². The van der Waals surface area contributed by atoms with Crippen LogP contribution in [0.1, 0.15) is 31.0 Å². The van der Waals surface area contributed by atoms with E-state index in [1.54, 1.807) is 30.5 Å². The molecule has 0 saturated heterocycles. The topological polar surface area (TPSA) is 88.2 Å². The Morgan fingerprint density at radius 3 is 2.52 bits per heavy atom. The fourth-order valence-corrected chi connectivity index (χ4v) is 3.33. The second-order valence-electron chi connectivity index (χ2n) is 5.64. The average Bonchev–Trinajstić information content (AvgIpc) is 2.64. The molecule has 2 N–H and O–H groups in total. The molecule has 1 amide bonds. The van der Waals surface area contributed by atoms with Crippen LogP contribution in [-0.4, -0.2) is 25.9 Å². The first-order chi connectivity index (χ1) is 12.0. The summed E-state index contributed by atoms with van der Waals surface area (Å²) in [6.45, 7) is 2.73. The van der Waals surface area contributed by atoms with Gasteiger partial charge in [-0.3, -0.25) is 9.78 Å². The van der Waals surface area contributed by atoms with Crippen LogP contribution in [0.5, 0.6) is 0 Å². The quantitative estimate of drug-likeness (QED) is 0.715. The molecule has 0 radical (unpaired) electrons. The van der Waals surface area contributed by atoms with Gasteiger partial charge in [-0.1, -0.05) is 25.1 Å². The summed E-state index contributed by atoms with van der Waals surface area (Å²) in [5, 5.41) is 2.82. The van der Waals surface area contributed by atoms with E-state index in [1.165, 1.54) is 0 Å². The number of aromatic nitrogens is 1. The number of nitrogens with one attached hydrogen (secondary N) is 2. The molecule has 0 aliphatic heterocycles. The van der Waals surface area contributed by atoms with E-state index in [0.717, 1.165) is 17.7 Å². The third-order valence-electron chi connectivity index (χ3n) is 3.61. The maximum atomic E-state index is 12.0. The van der Waals surface area contributed by atoms with Gasteiger partial charge in [0, 0.05) is 19.2 Å². The zero-order valence-corrected chi connectivity index (χ0v) is 15.1. The summed E-state index contributed by atoms with van der Waals surface area (Å²) in [6.07, 6.45) is 3.32. The first-order valence-corrected chi connectivity index (χ1v) is 9.75. The molecule has 25 heavy (non-hydrogen) atoms. The Balaban J connectivity index is 1.82. The van der Waals surface area contributed by atoms with E-state index in [-0.39, 0.29) is 10.8 Å². The zero-order valence-electron chi connectivity index (χ0n) is 14.2. The molecule has 1 aromatic carbocycles. The summed E-state index contributed by atoms with van der Waals surface area (Å²) in [5.41, 5.74) is 1.73. The molecular weight excluding hydrogens is 338 g/mol. The monoisotopic (exact) mass is 361 g/mol. The Morgan fingerprint density at radius 1 is 1.12 bits per heavy atom. The number of carbonyl (C=O) groups excluding carboxylic acids is 1. The molecule has 1 heterocycles. The lowest BCUT2D eigenvalue weighted by atomic mass is 10.1. The number of hydrogen-bond acceptors (Lipinski definition) is 4. The normalized spacial score (nSPS) is 11.2. The number of nitrogens with zero attached hydrogens (tertiary/aromatic N) is 1. The first-order valence-electron chi connectivity index (χ1n) is 8.26. The molecule has 0 aliphatic rings. The number of sulfonamides is 1. The second kappa shape index (κ2) is 9.29. The van der Waals surface area contributed by atoms with Gasteiger partial charge in [-0.25, -0.2) is 13.1 Å². The molecule has 2 rings (SSSR count). The third kappa shape index (κ3) is 6.28. The predicted molar refractivity (Wildman–Crippen MR) is 96.3 cm³/mol. The van der Waals surface area contributed by atoms with Crippen LogP contribution in [-0.2, 0) is 27.8 Å². The van der Waals surface area contributed by atoms with Crippen molar-refractivity contribution in [1.82, 2.24) is 15.0 Å². The van der Waals surface area contributed by atoms with E-state index < -0.39 is 10.0 Å². The van der Waals surface area contributed by atoms with E-state index in [2.05, 4.69) is 15.0 Å². The summed E-state index contributed by atoms with van der Waals surface area (Å²) in [5.74, 6) is -0.0630. The van der Waals surface area contributed by atoms with Gasteiger partial charge in [0.15, 0.2) is 0 Å². The minimum atomic E-state index is -3.45. The predicted octanol–water partition coefficient (Wildman–Crippen LogP) is 2.02. The Hall–Kier alpha value is -2.25. The van der Waals surface area contributed by atoms with Gasteiger partial charge in [0.2, 0.25) is 15.9 Å². The highest BCUT2D eigenvalue weighted by Gasteiger charge is 2.12. The van der Waals surface area contributed by atoms with E-state index in [9.17, 15) is 13.2 Å². The molecule has 1 aromatic heterocycles. The van der Waals surface area contributed by atoms with Crippen molar-refractivity contribution in [3.8, 4) is 0 Å². The molecule has 6 nitrogen and oxygen atoms in total. The summed E-state index contributed by atoms with van der Waals surface area (Å²) < 4.78 is 26.5. The van der Waals surface area contributed by atoms with Crippen molar-refractivity contribution >= 4 is 15.9 Å². The molecule has 0 fully saturated rings. The second-order valence-corrected chi connectivity index (χ2v) is 7.41. The lowest BCUT2D eigenvalue weighted by Crippen LogP contribution is -2.24. The largest absolute Gasteiger partial charge is 0.350 e. The van der Waals surface area contributed by atoms with E-state index in [1.807, 2.05) is 25.1 Å². The lowest BCUT2D eigenvalue weighted by molar-refractivity contribution is -0.121. The van der Waals surface area contributed by atoms with Crippen molar-refractivity contribution in [3.05, 3.63) is 59.9 Å². The molecule has 0 aliphatic carbocycles. The molecule has 0 unspecified atom stereocenters. The van der Waals surface area contributed by atoms with Gasteiger partial charge in [0.25, 0.3) is 0 Å². The van der Waals surface area contributed by atoms with E-state index >= 15 is 0 Å². The van der Waals surface area contributed by atoms with Crippen molar-refractivity contribution in [2.45, 2.75) is 37.6 Å². The highest BCUT2D eigenvalue weighted by molar-refractivity contribution is 7.89. The molecule has 0 bridgehead atoms. The SMILES string of the molecule is CCCNS(=O)(=O)c1ccc(CCC(=O)NCc2ccccn2)cc1. The highest BCUT2D eigenvalue weighted by Crippen LogP contribution is 2.12. The number of pyridine rings is 1. The number of carbonyl (C=O) groups is 1. The Bertz CT molecular complexity index is 775. The number of amides is 1. The smallest absolute Gasteiger partial charge is 0.240 e. The Morgan fingerprint density at radius 2 is 1.88 bits per heavy atom. The molecular formula is C18H23N3O3S. The van der Waals surface area contributed by atoms with Gasteiger partial charge in [0.1, 0.15) is 0 Å². The zero-order chi connectivity index (χ0) is 18.1. The summed E-state index contributed by atoms with van der Waals surface area (Å²) in [6, 6.07) is 12.2. The molecule has 0 saturated carbocycles. The highest BCUT2D eigenvalue weighted by atomic mass is 32.2. The Kier molecular flexibility index (Phi) is 7.09.